The van der Waals surface area contributed by atoms with E-state index in [1.165, 1.54) is 12.0 Å². The van der Waals surface area contributed by atoms with Crippen LogP contribution in [0, 0.1) is 0 Å². The third kappa shape index (κ3) is 5.28. The number of carbonyl (C=O) groups excluding carboxylic acids is 1. The largest absolute Gasteiger partial charge is 0.493 e. The fourth-order valence-electron chi connectivity index (χ4n) is 2.31. The van der Waals surface area contributed by atoms with E-state index in [1.54, 1.807) is 56.6 Å². The Balaban J connectivity index is 1.92. The lowest BCUT2D eigenvalue weighted by Gasteiger charge is -2.22. The zero-order valence-corrected chi connectivity index (χ0v) is 15.7. The monoisotopic (exact) mass is 379 g/mol. The Labute approximate surface area is 157 Å². The summed E-state index contributed by atoms with van der Waals surface area (Å²) < 4.78 is 15.8. The summed E-state index contributed by atoms with van der Waals surface area (Å²) in [7, 11) is 4.68. The number of hydrogen-bond donors (Lipinski definition) is 1. The fourth-order valence-corrected chi connectivity index (χ4v) is 2.44. The topological polar surface area (TPSA) is 68.2 Å². The van der Waals surface area contributed by atoms with E-state index >= 15 is 0 Å². The second-order valence-corrected chi connectivity index (χ2v) is 6.08. The molecule has 0 saturated heterocycles. The van der Waals surface area contributed by atoms with E-state index in [1.807, 2.05) is 0 Å². The van der Waals surface area contributed by atoms with Crippen molar-refractivity contribution in [1.82, 2.24) is 4.90 Å². The normalized spacial score (nSPS) is 11.6. The van der Waals surface area contributed by atoms with Crippen molar-refractivity contribution < 1.29 is 24.1 Å². The van der Waals surface area contributed by atoms with E-state index in [9.17, 15) is 9.90 Å². The second kappa shape index (κ2) is 9.31. The van der Waals surface area contributed by atoms with Crippen LogP contribution in [0.15, 0.2) is 42.5 Å². The molecule has 1 unspecified atom stereocenters. The van der Waals surface area contributed by atoms with Gasteiger partial charge < -0.3 is 24.2 Å². The fraction of sp³-hybridized carbons (Fsp3) is 0.316. The van der Waals surface area contributed by atoms with Gasteiger partial charge in [-0.3, -0.25) is 4.79 Å². The molecule has 2 aromatic carbocycles. The van der Waals surface area contributed by atoms with Crippen molar-refractivity contribution in [3.63, 3.8) is 0 Å². The van der Waals surface area contributed by atoms with Crippen molar-refractivity contribution in [2.75, 3.05) is 34.4 Å². The van der Waals surface area contributed by atoms with Crippen molar-refractivity contribution in [3.05, 3.63) is 53.1 Å². The highest BCUT2D eigenvalue weighted by molar-refractivity contribution is 6.30. The maximum atomic E-state index is 12.2. The number of amides is 1. The van der Waals surface area contributed by atoms with Crippen LogP contribution in [0.1, 0.15) is 11.7 Å². The molecule has 26 heavy (non-hydrogen) atoms. The van der Waals surface area contributed by atoms with E-state index in [-0.39, 0.29) is 19.1 Å². The van der Waals surface area contributed by atoms with E-state index in [2.05, 4.69) is 0 Å². The summed E-state index contributed by atoms with van der Waals surface area (Å²) in [5.41, 5.74) is 0.626. The summed E-state index contributed by atoms with van der Waals surface area (Å²) in [6.07, 6.45) is -0.862. The molecule has 0 saturated carbocycles. The maximum Gasteiger partial charge on any atom is 0.260 e. The summed E-state index contributed by atoms with van der Waals surface area (Å²) in [4.78, 5) is 13.6. The molecule has 0 aromatic heterocycles. The number of likely N-dealkylation sites (N-methyl/N-ethyl adjacent to an activating group) is 1. The van der Waals surface area contributed by atoms with Crippen molar-refractivity contribution in [2.45, 2.75) is 6.10 Å². The number of halogens is 1. The van der Waals surface area contributed by atoms with Gasteiger partial charge >= 0.3 is 0 Å². The average molecular weight is 380 g/mol. The zero-order chi connectivity index (χ0) is 19.1. The summed E-state index contributed by atoms with van der Waals surface area (Å²) >= 11 is 5.81. The number of ether oxygens (including phenoxy) is 3. The molecule has 0 aliphatic heterocycles. The van der Waals surface area contributed by atoms with Gasteiger partial charge in [-0.15, -0.1) is 0 Å². The third-order valence-electron chi connectivity index (χ3n) is 3.84. The van der Waals surface area contributed by atoms with Crippen LogP contribution >= 0.6 is 11.6 Å². The molecule has 0 bridgehead atoms. The summed E-state index contributed by atoms with van der Waals surface area (Å²) in [6, 6.07) is 11.9. The molecule has 2 aromatic rings. The van der Waals surface area contributed by atoms with Crippen LogP contribution in [0.4, 0.5) is 0 Å². The Kier molecular flexibility index (Phi) is 7.12. The van der Waals surface area contributed by atoms with Crippen molar-refractivity contribution in [1.29, 1.82) is 0 Å². The zero-order valence-electron chi connectivity index (χ0n) is 14.9. The number of nitrogens with zero attached hydrogens (tertiary/aromatic N) is 1. The highest BCUT2D eigenvalue weighted by Gasteiger charge is 2.17. The van der Waals surface area contributed by atoms with E-state index in [0.717, 1.165) is 0 Å². The van der Waals surface area contributed by atoms with Gasteiger partial charge in [0.15, 0.2) is 18.1 Å². The van der Waals surface area contributed by atoms with Crippen LogP contribution in [0.3, 0.4) is 0 Å². The molecule has 1 amide bonds. The molecule has 1 N–H and O–H groups in total. The Bertz CT molecular complexity index is 735. The van der Waals surface area contributed by atoms with Gasteiger partial charge in [0.25, 0.3) is 5.91 Å². The highest BCUT2D eigenvalue weighted by atomic mass is 35.5. The number of benzene rings is 2. The molecular weight excluding hydrogens is 358 g/mol. The Morgan fingerprint density at radius 1 is 1.12 bits per heavy atom. The maximum absolute atomic E-state index is 12.2. The smallest absolute Gasteiger partial charge is 0.260 e. The molecule has 0 spiro atoms. The average Bonchev–Trinajstić information content (AvgIpc) is 2.66. The molecule has 1 atom stereocenters. The second-order valence-electron chi connectivity index (χ2n) is 5.65. The molecule has 2 rings (SSSR count). The lowest BCUT2D eigenvalue weighted by Crippen LogP contribution is -2.34. The minimum Gasteiger partial charge on any atom is -0.493 e. The molecule has 6 nitrogen and oxygen atoms in total. The van der Waals surface area contributed by atoms with E-state index in [4.69, 9.17) is 25.8 Å². The van der Waals surface area contributed by atoms with Crippen molar-refractivity contribution in [2.24, 2.45) is 0 Å². The molecule has 0 aliphatic rings. The van der Waals surface area contributed by atoms with Crippen LogP contribution < -0.4 is 14.2 Å². The Hall–Kier alpha value is -2.44. The van der Waals surface area contributed by atoms with Crippen LogP contribution in [0.25, 0.3) is 0 Å². The van der Waals surface area contributed by atoms with Crippen LogP contribution in [-0.4, -0.2) is 50.3 Å². The van der Waals surface area contributed by atoms with Crippen LogP contribution in [0.2, 0.25) is 5.02 Å². The molecule has 140 valence electrons. The number of rotatable bonds is 8. The molecule has 0 aliphatic carbocycles. The minimum absolute atomic E-state index is 0.123. The standard InChI is InChI=1S/C19H22ClNO5/c1-21(19(23)12-26-15-7-5-14(20)6-8-15)11-16(22)13-4-9-17(24-2)18(10-13)25-3/h4-10,16,22H,11-12H2,1-3H3. The Morgan fingerprint density at radius 3 is 2.38 bits per heavy atom. The summed E-state index contributed by atoms with van der Waals surface area (Å²) in [6.45, 7) is -0.00488. The predicted octanol–water partition coefficient (Wildman–Crippen LogP) is 2.93. The summed E-state index contributed by atoms with van der Waals surface area (Å²) in [5.74, 6) is 1.39. The quantitative estimate of drug-likeness (QED) is 0.763. The van der Waals surface area contributed by atoms with Gasteiger partial charge in [-0.05, 0) is 42.0 Å². The first-order valence-electron chi connectivity index (χ1n) is 7.97. The number of hydrogen-bond acceptors (Lipinski definition) is 5. The van der Waals surface area contributed by atoms with Crippen molar-refractivity contribution >= 4 is 17.5 Å². The van der Waals surface area contributed by atoms with Gasteiger partial charge in [-0.2, -0.15) is 0 Å². The molecule has 7 heteroatoms. The van der Waals surface area contributed by atoms with Crippen LogP contribution in [0.5, 0.6) is 17.2 Å². The van der Waals surface area contributed by atoms with E-state index in [0.29, 0.717) is 27.8 Å². The van der Waals surface area contributed by atoms with Gasteiger partial charge in [0.1, 0.15) is 5.75 Å². The lowest BCUT2D eigenvalue weighted by atomic mass is 10.1. The van der Waals surface area contributed by atoms with Gasteiger partial charge in [-0.1, -0.05) is 17.7 Å². The number of methoxy groups -OCH3 is 2. The minimum atomic E-state index is -0.862. The lowest BCUT2D eigenvalue weighted by molar-refractivity contribution is -0.133. The SMILES string of the molecule is COc1ccc(C(O)CN(C)C(=O)COc2ccc(Cl)cc2)cc1OC. The predicted molar refractivity (Wildman–Crippen MR) is 99.1 cm³/mol. The first-order valence-corrected chi connectivity index (χ1v) is 8.34. The molecule has 0 radical (unpaired) electrons. The van der Waals surface area contributed by atoms with Gasteiger partial charge in [-0.25, -0.2) is 0 Å². The highest BCUT2D eigenvalue weighted by Crippen LogP contribution is 2.30. The van der Waals surface area contributed by atoms with Gasteiger partial charge in [0, 0.05) is 12.1 Å². The molecule has 0 heterocycles. The third-order valence-corrected chi connectivity index (χ3v) is 4.09. The van der Waals surface area contributed by atoms with Crippen LogP contribution in [-0.2, 0) is 4.79 Å². The van der Waals surface area contributed by atoms with Gasteiger partial charge in [0.05, 0.1) is 26.9 Å². The first-order chi connectivity index (χ1) is 12.4. The first kappa shape index (κ1) is 19.9. The number of carbonyl (C=O) groups is 1. The molecule has 0 fully saturated rings. The van der Waals surface area contributed by atoms with Gasteiger partial charge in [0.2, 0.25) is 0 Å². The Morgan fingerprint density at radius 2 is 1.77 bits per heavy atom. The molecular formula is C19H22ClNO5. The number of aliphatic hydroxyl groups is 1. The summed E-state index contributed by atoms with van der Waals surface area (Å²) in [5, 5.41) is 11.0. The number of aliphatic hydroxyl groups excluding tert-OH is 1. The van der Waals surface area contributed by atoms with E-state index < -0.39 is 6.10 Å². The van der Waals surface area contributed by atoms with Crippen molar-refractivity contribution in [3.8, 4) is 17.2 Å².